The van der Waals surface area contributed by atoms with Crippen LogP contribution in [-0.4, -0.2) is 31.8 Å². The van der Waals surface area contributed by atoms with Gasteiger partial charge < -0.3 is 20.5 Å². The van der Waals surface area contributed by atoms with E-state index in [1.54, 1.807) is 12.1 Å². The second kappa shape index (κ2) is 8.50. The lowest BCUT2D eigenvalue weighted by atomic mass is 10.2. The maximum absolute atomic E-state index is 11.5. The quantitative estimate of drug-likeness (QED) is 0.690. The smallest absolute Gasteiger partial charge is 0.258 e. The number of carbonyl (C=O) groups excluding carboxylic acids is 1. The minimum atomic E-state index is -0.157. The first-order chi connectivity index (χ1) is 9.11. The molecule has 1 aromatic rings. The lowest BCUT2D eigenvalue weighted by Gasteiger charge is -2.09. The molecule has 0 aliphatic heterocycles. The Morgan fingerprint density at radius 3 is 2.58 bits per heavy atom. The highest BCUT2D eigenvalue weighted by atomic mass is 16.5. The molecule has 1 amide bonds. The summed E-state index contributed by atoms with van der Waals surface area (Å²) in [6.45, 7) is 5.41. The molecule has 0 saturated carbocycles. The van der Waals surface area contributed by atoms with Crippen molar-refractivity contribution in [3.8, 4) is 5.75 Å². The Bertz CT molecular complexity index is 377. The summed E-state index contributed by atoms with van der Waals surface area (Å²) >= 11 is 0. The van der Waals surface area contributed by atoms with Gasteiger partial charge in [-0.3, -0.25) is 4.79 Å². The molecule has 0 fully saturated rings. The molecule has 5 nitrogen and oxygen atoms in total. The average molecular weight is 266 g/mol. The minimum absolute atomic E-state index is 0.00362. The van der Waals surface area contributed by atoms with Gasteiger partial charge in [0.1, 0.15) is 5.75 Å². The van der Waals surface area contributed by atoms with Gasteiger partial charge >= 0.3 is 0 Å². The summed E-state index contributed by atoms with van der Waals surface area (Å²) in [5, 5.41) is 2.72. The first-order valence-corrected chi connectivity index (χ1v) is 6.42. The summed E-state index contributed by atoms with van der Waals surface area (Å²) in [6, 6.07) is 7.36. The van der Waals surface area contributed by atoms with Crippen LogP contribution < -0.4 is 15.8 Å². The van der Waals surface area contributed by atoms with Gasteiger partial charge in [-0.1, -0.05) is 12.1 Å². The van der Waals surface area contributed by atoms with Gasteiger partial charge in [0.05, 0.1) is 12.7 Å². The minimum Gasteiger partial charge on any atom is -0.484 e. The van der Waals surface area contributed by atoms with Crippen LogP contribution in [0.1, 0.15) is 19.4 Å². The molecule has 3 N–H and O–H groups in total. The first-order valence-electron chi connectivity index (χ1n) is 6.42. The van der Waals surface area contributed by atoms with E-state index in [0.29, 0.717) is 25.4 Å². The molecule has 5 heteroatoms. The Kier molecular flexibility index (Phi) is 6.92. The normalized spacial score (nSPS) is 10.5. The van der Waals surface area contributed by atoms with E-state index in [2.05, 4.69) is 5.32 Å². The third-order valence-corrected chi connectivity index (χ3v) is 2.40. The van der Waals surface area contributed by atoms with E-state index in [-0.39, 0.29) is 18.6 Å². The SMILES string of the molecule is CC(C)OCCNC(=O)COc1ccc(CN)cc1. The second-order valence-corrected chi connectivity index (χ2v) is 4.41. The number of benzene rings is 1. The second-order valence-electron chi connectivity index (χ2n) is 4.41. The zero-order valence-electron chi connectivity index (χ0n) is 11.5. The van der Waals surface area contributed by atoms with Crippen LogP contribution in [0.4, 0.5) is 0 Å². The Balaban J connectivity index is 2.18. The van der Waals surface area contributed by atoms with Gasteiger partial charge in [-0.25, -0.2) is 0 Å². The van der Waals surface area contributed by atoms with Gasteiger partial charge in [0.15, 0.2) is 6.61 Å². The van der Waals surface area contributed by atoms with E-state index in [0.717, 1.165) is 5.56 Å². The molecule has 1 rings (SSSR count). The van der Waals surface area contributed by atoms with Crippen molar-refractivity contribution >= 4 is 5.91 Å². The van der Waals surface area contributed by atoms with Crippen LogP contribution >= 0.6 is 0 Å². The maximum Gasteiger partial charge on any atom is 0.258 e. The summed E-state index contributed by atoms with van der Waals surface area (Å²) in [5.41, 5.74) is 6.52. The number of nitrogens with one attached hydrogen (secondary N) is 1. The lowest BCUT2D eigenvalue weighted by Crippen LogP contribution is -2.32. The summed E-state index contributed by atoms with van der Waals surface area (Å²) in [6.07, 6.45) is 0.175. The summed E-state index contributed by atoms with van der Waals surface area (Å²) in [4.78, 5) is 11.5. The molecule has 1 aromatic carbocycles. The largest absolute Gasteiger partial charge is 0.484 e. The highest BCUT2D eigenvalue weighted by molar-refractivity contribution is 5.77. The number of nitrogens with two attached hydrogens (primary N) is 1. The van der Waals surface area contributed by atoms with E-state index < -0.39 is 0 Å². The van der Waals surface area contributed by atoms with Gasteiger partial charge in [0, 0.05) is 13.1 Å². The zero-order valence-corrected chi connectivity index (χ0v) is 11.5. The average Bonchev–Trinajstić information content (AvgIpc) is 2.41. The Morgan fingerprint density at radius 2 is 2.00 bits per heavy atom. The monoisotopic (exact) mass is 266 g/mol. The van der Waals surface area contributed by atoms with Crippen molar-refractivity contribution in [3.05, 3.63) is 29.8 Å². The van der Waals surface area contributed by atoms with Gasteiger partial charge in [-0.2, -0.15) is 0 Å². The van der Waals surface area contributed by atoms with E-state index in [1.807, 2.05) is 26.0 Å². The van der Waals surface area contributed by atoms with Gasteiger partial charge in [-0.05, 0) is 31.5 Å². The lowest BCUT2D eigenvalue weighted by molar-refractivity contribution is -0.123. The first kappa shape index (κ1) is 15.5. The van der Waals surface area contributed by atoms with Crippen molar-refractivity contribution in [1.82, 2.24) is 5.32 Å². The topological polar surface area (TPSA) is 73.6 Å². The van der Waals surface area contributed by atoms with Crippen molar-refractivity contribution < 1.29 is 14.3 Å². The van der Waals surface area contributed by atoms with E-state index in [1.165, 1.54) is 0 Å². The van der Waals surface area contributed by atoms with Crippen LogP contribution in [0.5, 0.6) is 5.75 Å². The van der Waals surface area contributed by atoms with Crippen molar-refractivity contribution in [3.63, 3.8) is 0 Å². The fraction of sp³-hybridized carbons (Fsp3) is 0.500. The Labute approximate surface area is 114 Å². The van der Waals surface area contributed by atoms with Crippen LogP contribution in [-0.2, 0) is 16.1 Å². The third-order valence-electron chi connectivity index (χ3n) is 2.40. The van der Waals surface area contributed by atoms with Gasteiger partial charge in [0.25, 0.3) is 5.91 Å². The van der Waals surface area contributed by atoms with E-state index in [4.69, 9.17) is 15.2 Å². The van der Waals surface area contributed by atoms with Crippen molar-refractivity contribution in [2.45, 2.75) is 26.5 Å². The fourth-order valence-corrected chi connectivity index (χ4v) is 1.41. The van der Waals surface area contributed by atoms with Gasteiger partial charge in [0.2, 0.25) is 0 Å². The van der Waals surface area contributed by atoms with Crippen LogP contribution in [0.15, 0.2) is 24.3 Å². The molecular formula is C14H22N2O3. The molecule has 0 bridgehead atoms. The molecular weight excluding hydrogens is 244 g/mol. The van der Waals surface area contributed by atoms with Crippen LogP contribution in [0.25, 0.3) is 0 Å². The number of amides is 1. The molecule has 106 valence electrons. The highest BCUT2D eigenvalue weighted by Gasteiger charge is 2.02. The molecule has 0 aliphatic rings. The predicted octanol–water partition coefficient (Wildman–Crippen LogP) is 1.07. The third kappa shape index (κ3) is 6.79. The van der Waals surface area contributed by atoms with E-state index in [9.17, 15) is 4.79 Å². The number of rotatable bonds is 8. The van der Waals surface area contributed by atoms with Crippen LogP contribution in [0, 0.1) is 0 Å². The number of ether oxygens (including phenoxy) is 2. The molecule has 0 spiro atoms. The van der Waals surface area contributed by atoms with Crippen molar-refractivity contribution in [2.24, 2.45) is 5.73 Å². The van der Waals surface area contributed by atoms with Gasteiger partial charge in [-0.15, -0.1) is 0 Å². The Hall–Kier alpha value is -1.59. The summed E-state index contributed by atoms with van der Waals surface area (Å²) in [7, 11) is 0. The number of carbonyl (C=O) groups is 1. The molecule has 0 heterocycles. The maximum atomic E-state index is 11.5. The molecule has 19 heavy (non-hydrogen) atoms. The summed E-state index contributed by atoms with van der Waals surface area (Å²) < 4.78 is 10.7. The predicted molar refractivity (Wildman–Crippen MR) is 73.9 cm³/mol. The highest BCUT2D eigenvalue weighted by Crippen LogP contribution is 2.11. The van der Waals surface area contributed by atoms with Crippen LogP contribution in [0.3, 0.4) is 0 Å². The van der Waals surface area contributed by atoms with Crippen LogP contribution in [0.2, 0.25) is 0 Å². The molecule has 0 unspecified atom stereocenters. The van der Waals surface area contributed by atoms with E-state index >= 15 is 0 Å². The number of hydrogen-bond acceptors (Lipinski definition) is 4. The van der Waals surface area contributed by atoms with Crippen molar-refractivity contribution in [2.75, 3.05) is 19.8 Å². The zero-order chi connectivity index (χ0) is 14.1. The molecule has 0 saturated heterocycles. The standard InChI is InChI=1S/C14H22N2O3/c1-11(2)18-8-7-16-14(17)10-19-13-5-3-12(9-15)4-6-13/h3-6,11H,7-10,15H2,1-2H3,(H,16,17). The van der Waals surface area contributed by atoms with Crippen molar-refractivity contribution in [1.29, 1.82) is 0 Å². The molecule has 0 atom stereocenters. The fourth-order valence-electron chi connectivity index (χ4n) is 1.41. The Morgan fingerprint density at radius 1 is 1.32 bits per heavy atom. The molecule has 0 radical (unpaired) electrons. The summed E-state index contributed by atoms with van der Waals surface area (Å²) in [5.74, 6) is 0.501. The number of hydrogen-bond donors (Lipinski definition) is 2. The molecule has 0 aromatic heterocycles. The molecule has 0 aliphatic carbocycles.